The van der Waals surface area contributed by atoms with Gasteiger partial charge in [0.1, 0.15) is 17.9 Å². The number of rotatable bonds is 0. The minimum atomic E-state index is 0.181. The summed E-state index contributed by atoms with van der Waals surface area (Å²) in [6.07, 6.45) is 0. The van der Waals surface area contributed by atoms with Crippen molar-refractivity contribution >= 4 is 11.7 Å². The Bertz CT molecular complexity index is 453. The van der Waals surface area contributed by atoms with E-state index in [-0.39, 0.29) is 12.4 Å². The summed E-state index contributed by atoms with van der Waals surface area (Å²) in [5.74, 6) is 2.13. The molecule has 0 fully saturated rings. The van der Waals surface area contributed by atoms with Gasteiger partial charge in [0.2, 0.25) is 0 Å². The van der Waals surface area contributed by atoms with Gasteiger partial charge < -0.3 is 9.57 Å². The molecule has 0 atom stereocenters. The molecule has 0 bridgehead atoms. The second-order valence-electron chi connectivity index (χ2n) is 3.03. The van der Waals surface area contributed by atoms with Gasteiger partial charge in [-0.05, 0) is 12.1 Å². The van der Waals surface area contributed by atoms with Crippen molar-refractivity contribution in [1.82, 2.24) is 5.48 Å². The Morgan fingerprint density at radius 2 is 2.21 bits per heavy atom. The lowest BCUT2D eigenvalue weighted by Gasteiger charge is -2.03. The minimum Gasteiger partial charge on any atom is -0.485 e. The first-order chi connectivity index (χ1) is 6.84. The fraction of sp³-hybridized carbons (Fsp3) is 0.111. The monoisotopic (exact) mass is 189 g/mol. The van der Waals surface area contributed by atoms with Crippen LogP contribution < -0.4 is 15.1 Å². The molecule has 14 heavy (non-hydrogen) atoms. The number of amidine groups is 2. The Kier molecular flexibility index (Phi) is 1.30. The molecule has 2 N–H and O–H groups in total. The highest BCUT2D eigenvalue weighted by molar-refractivity contribution is 6.11. The molecule has 70 valence electrons. The quantitative estimate of drug-likeness (QED) is 0.631. The maximum Gasteiger partial charge on any atom is 0.177 e. The number of hydrogen-bond acceptors (Lipinski definition) is 4. The molecule has 2 heterocycles. The lowest BCUT2D eigenvalue weighted by molar-refractivity contribution is 0.278. The molecule has 5 nitrogen and oxygen atoms in total. The first kappa shape index (κ1) is 7.37. The van der Waals surface area contributed by atoms with Crippen molar-refractivity contribution in [1.29, 1.82) is 5.41 Å². The zero-order valence-electron chi connectivity index (χ0n) is 7.20. The third-order valence-corrected chi connectivity index (χ3v) is 2.09. The molecule has 0 spiro atoms. The van der Waals surface area contributed by atoms with Gasteiger partial charge in [0.25, 0.3) is 0 Å². The van der Waals surface area contributed by atoms with Gasteiger partial charge in [-0.3, -0.25) is 5.41 Å². The lowest BCUT2D eigenvalue weighted by Crippen LogP contribution is -2.20. The Hall–Kier alpha value is -2.04. The third-order valence-electron chi connectivity index (χ3n) is 2.09. The molecule has 0 aromatic heterocycles. The molecular weight excluding hydrogens is 182 g/mol. The number of nitrogens with zero attached hydrogens (tertiary/aromatic N) is 1. The average molecular weight is 189 g/mol. The largest absolute Gasteiger partial charge is 0.485 e. The first-order valence-electron chi connectivity index (χ1n) is 4.20. The van der Waals surface area contributed by atoms with Gasteiger partial charge in [-0.2, -0.15) is 0 Å². The number of hydrogen-bond donors (Lipinski definition) is 2. The van der Waals surface area contributed by atoms with E-state index in [2.05, 4.69) is 10.5 Å². The molecule has 0 amide bonds. The third kappa shape index (κ3) is 0.891. The first-order valence-corrected chi connectivity index (χ1v) is 4.20. The van der Waals surface area contributed by atoms with Crippen molar-refractivity contribution in [3.05, 3.63) is 23.8 Å². The van der Waals surface area contributed by atoms with E-state index in [0.29, 0.717) is 17.3 Å². The molecule has 1 aromatic carbocycles. The fourth-order valence-electron chi connectivity index (χ4n) is 1.50. The van der Waals surface area contributed by atoms with Crippen molar-refractivity contribution in [3.8, 4) is 11.5 Å². The predicted molar refractivity (Wildman–Crippen MR) is 50.0 cm³/mol. The van der Waals surface area contributed by atoms with E-state index < -0.39 is 0 Å². The summed E-state index contributed by atoms with van der Waals surface area (Å²) in [6, 6.07) is 5.50. The highest BCUT2D eigenvalue weighted by Crippen LogP contribution is 2.32. The molecule has 0 radical (unpaired) electrons. The summed E-state index contributed by atoms with van der Waals surface area (Å²) in [5.41, 5.74) is 3.46. The molecule has 5 heteroatoms. The van der Waals surface area contributed by atoms with E-state index in [1.807, 2.05) is 18.2 Å². The van der Waals surface area contributed by atoms with Gasteiger partial charge in [-0.1, -0.05) is 6.07 Å². The summed E-state index contributed by atoms with van der Waals surface area (Å²) in [6.45, 7) is 0.196. The van der Waals surface area contributed by atoms with Crippen LogP contribution in [0.1, 0.15) is 5.56 Å². The maximum atomic E-state index is 7.45. The van der Waals surface area contributed by atoms with E-state index in [1.165, 1.54) is 0 Å². The van der Waals surface area contributed by atoms with E-state index in [0.717, 1.165) is 5.56 Å². The molecule has 3 rings (SSSR count). The normalized spacial score (nSPS) is 17.1. The molecule has 2 aliphatic heterocycles. The second-order valence-corrected chi connectivity index (χ2v) is 3.03. The lowest BCUT2D eigenvalue weighted by atomic mass is 10.2. The molecule has 0 aliphatic carbocycles. The summed E-state index contributed by atoms with van der Waals surface area (Å²) in [5, 5.41) is 7.45. The summed E-state index contributed by atoms with van der Waals surface area (Å²) >= 11 is 0. The smallest absolute Gasteiger partial charge is 0.177 e. The van der Waals surface area contributed by atoms with Crippen LogP contribution in [0.4, 0.5) is 0 Å². The van der Waals surface area contributed by atoms with E-state index in [9.17, 15) is 0 Å². The SMILES string of the molecule is N=C1COc2cccc3c2C(=N1)NO3. The Morgan fingerprint density at radius 3 is 3.14 bits per heavy atom. The van der Waals surface area contributed by atoms with E-state index in [1.54, 1.807) is 0 Å². The Labute approximate surface area is 79.8 Å². The molecule has 2 aliphatic rings. The van der Waals surface area contributed by atoms with Crippen LogP contribution in [-0.2, 0) is 0 Å². The van der Waals surface area contributed by atoms with Crippen molar-refractivity contribution in [3.63, 3.8) is 0 Å². The highest BCUT2D eigenvalue weighted by atomic mass is 16.7. The van der Waals surface area contributed by atoms with Gasteiger partial charge in [-0.25, -0.2) is 10.5 Å². The second kappa shape index (κ2) is 2.47. The van der Waals surface area contributed by atoms with Crippen LogP contribution in [-0.4, -0.2) is 18.3 Å². The zero-order chi connectivity index (χ0) is 9.54. The van der Waals surface area contributed by atoms with Crippen molar-refractivity contribution < 1.29 is 9.57 Å². The van der Waals surface area contributed by atoms with Crippen molar-refractivity contribution in [2.24, 2.45) is 4.99 Å². The van der Waals surface area contributed by atoms with E-state index in [4.69, 9.17) is 15.0 Å². The number of aliphatic imine (C=N–C) groups is 1. The topological polar surface area (TPSA) is 66.7 Å². The van der Waals surface area contributed by atoms with Gasteiger partial charge in [-0.15, -0.1) is 0 Å². The molecule has 1 aromatic rings. The molecule has 0 saturated carbocycles. The van der Waals surface area contributed by atoms with Crippen molar-refractivity contribution in [2.75, 3.05) is 6.61 Å². The van der Waals surface area contributed by atoms with Gasteiger partial charge in [0.05, 0.1) is 0 Å². The van der Waals surface area contributed by atoms with Crippen LogP contribution in [0.15, 0.2) is 23.2 Å². The Morgan fingerprint density at radius 1 is 1.36 bits per heavy atom. The van der Waals surface area contributed by atoms with Crippen molar-refractivity contribution in [2.45, 2.75) is 0 Å². The average Bonchev–Trinajstić information content (AvgIpc) is 2.51. The fourth-order valence-corrected chi connectivity index (χ4v) is 1.50. The van der Waals surface area contributed by atoms with E-state index >= 15 is 0 Å². The minimum absolute atomic E-state index is 0.181. The number of ether oxygens (including phenoxy) is 1. The van der Waals surface area contributed by atoms with Crippen LogP contribution in [0.5, 0.6) is 11.5 Å². The van der Waals surface area contributed by atoms with Crippen LogP contribution >= 0.6 is 0 Å². The number of benzene rings is 1. The van der Waals surface area contributed by atoms with Crippen LogP contribution in [0.25, 0.3) is 0 Å². The van der Waals surface area contributed by atoms with Crippen LogP contribution in [0.3, 0.4) is 0 Å². The summed E-state index contributed by atoms with van der Waals surface area (Å²) in [4.78, 5) is 9.20. The molecule has 0 saturated heterocycles. The summed E-state index contributed by atoms with van der Waals surface area (Å²) < 4.78 is 5.39. The predicted octanol–water partition coefficient (Wildman–Crippen LogP) is 0.700. The highest BCUT2D eigenvalue weighted by Gasteiger charge is 2.26. The summed E-state index contributed by atoms with van der Waals surface area (Å²) in [7, 11) is 0. The van der Waals surface area contributed by atoms with Gasteiger partial charge in [0.15, 0.2) is 17.4 Å². The van der Waals surface area contributed by atoms with Crippen LogP contribution in [0, 0.1) is 5.41 Å². The number of nitrogens with one attached hydrogen (secondary N) is 2. The van der Waals surface area contributed by atoms with Gasteiger partial charge in [0, 0.05) is 0 Å². The van der Waals surface area contributed by atoms with Gasteiger partial charge >= 0.3 is 0 Å². The molecule has 0 unspecified atom stereocenters. The zero-order valence-corrected chi connectivity index (χ0v) is 7.20. The van der Waals surface area contributed by atoms with Crippen LogP contribution in [0.2, 0.25) is 0 Å². The number of hydroxylamine groups is 1. The molecular formula is C9H7N3O2. The Balaban J connectivity index is 2.27. The maximum absolute atomic E-state index is 7.45. The standard InChI is InChI=1S/C9H7N3O2/c10-7-4-13-5-2-1-3-6-8(5)9(11-7)12-14-6/h1-3H,4H2,(H2,10,11,12).